The number of carbonyl (C=O) groups excluding carboxylic acids is 1. The molecule has 4 heteroatoms. The zero-order valence-corrected chi connectivity index (χ0v) is 14.7. The van der Waals surface area contributed by atoms with Crippen LogP contribution >= 0.6 is 0 Å². The molecule has 1 fully saturated rings. The van der Waals surface area contributed by atoms with Crippen LogP contribution in [0.15, 0.2) is 24.3 Å². The first kappa shape index (κ1) is 17.2. The number of hydrogen-bond acceptors (Lipinski definition) is 2. The Bertz CT molecular complexity index is 542. The minimum atomic E-state index is -0.926. The molecular formula is C18H27NO2S. The van der Waals surface area contributed by atoms with E-state index in [9.17, 15) is 9.00 Å². The van der Waals surface area contributed by atoms with E-state index in [-0.39, 0.29) is 16.6 Å². The maximum absolute atomic E-state index is 12.3. The number of hydrogen-bond donors (Lipinski definition) is 1. The number of carbonyl (C=O) groups is 1. The minimum absolute atomic E-state index is 0.133. The van der Waals surface area contributed by atoms with Crippen molar-refractivity contribution in [1.29, 1.82) is 0 Å². The van der Waals surface area contributed by atoms with Crippen LogP contribution in [0.4, 0.5) is 5.69 Å². The van der Waals surface area contributed by atoms with Gasteiger partial charge in [0.15, 0.2) is 0 Å². The third kappa shape index (κ3) is 4.94. The van der Waals surface area contributed by atoms with Crippen LogP contribution in [0.2, 0.25) is 0 Å². The van der Waals surface area contributed by atoms with Crippen LogP contribution in [0.25, 0.3) is 0 Å². The van der Waals surface area contributed by atoms with Crippen LogP contribution in [0.1, 0.15) is 58.4 Å². The Morgan fingerprint density at radius 2 is 1.91 bits per heavy atom. The van der Waals surface area contributed by atoms with Gasteiger partial charge < -0.3 is 5.32 Å². The predicted octanol–water partition coefficient (Wildman–Crippen LogP) is 4.25. The molecule has 3 nitrogen and oxygen atoms in total. The quantitative estimate of drug-likeness (QED) is 0.901. The number of benzene rings is 1. The van der Waals surface area contributed by atoms with E-state index in [4.69, 9.17) is 0 Å². The molecule has 0 saturated heterocycles. The summed E-state index contributed by atoms with van der Waals surface area (Å²) >= 11 is 0. The lowest BCUT2D eigenvalue weighted by molar-refractivity contribution is -0.120. The highest BCUT2D eigenvalue weighted by Gasteiger charge is 2.22. The maximum Gasteiger partial charge on any atom is 0.227 e. The second kappa shape index (κ2) is 7.40. The third-order valence-corrected chi connectivity index (χ3v) is 6.11. The number of nitrogens with one attached hydrogen (secondary N) is 1. The zero-order valence-electron chi connectivity index (χ0n) is 13.9. The Morgan fingerprint density at radius 1 is 1.23 bits per heavy atom. The SMILES string of the molecule is CC(C)(C)[S@](=O)Cc1cccc(NC(=O)C2CCCCC2)c1. The molecule has 0 spiro atoms. The topological polar surface area (TPSA) is 46.2 Å². The fraction of sp³-hybridized carbons (Fsp3) is 0.611. The van der Waals surface area contributed by atoms with Crippen molar-refractivity contribution in [1.82, 2.24) is 0 Å². The zero-order chi connectivity index (χ0) is 16.2. The predicted molar refractivity (Wildman–Crippen MR) is 93.2 cm³/mol. The average Bonchev–Trinajstić information content (AvgIpc) is 2.47. The van der Waals surface area contributed by atoms with Gasteiger partial charge in [0.2, 0.25) is 5.91 Å². The molecule has 122 valence electrons. The first-order chi connectivity index (χ1) is 10.4. The largest absolute Gasteiger partial charge is 0.326 e. The Morgan fingerprint density at radius 3 is 2.55 bits per heavy atom. The number of amides is 1. The molecule has 0 radical (unpaired) electrons. The highest BCUT2D eigenvalue weighted by molar-refractivity contribution is 7.85. The van der Waals surface area contributed by atoms with Gasteiger partial charge in [0.05, 0.1) is 0 Å². The monoisotopic (exact) mass is 321 g/mol. The van der Waals surface area contributed by atoms with E-state index in [1.165, 1.54) is 6.42 Å². The van der Waals surface area contributed by atoms with Gasteiger partial charge in [-0.15, -0.1) is 0 Å². The lowest BCUT2D eigenvalue weighted by atomic mass is 9.88. The van der Waals surface area contributed by atoms with Crippen molar-refractivity contribution in [2.75, 3.05) is 5.32 Å². The summed E-state index contributed by atoms with van der Waals surface area (Å²) < 4.78 is 12.0. The smallest absolute Gasteiger partial charge is 0.227 e. The molecule has 0 heterocycles. The molecule has 22 heavy (non-hydrogen) atoms. The fourth-order valence-electron chi connectivity index (χ4n) is 2.72. The van der Waals surface area contributed by atoms with E-state index in [0.29, 0.717) is 5.75 Å². The van der Waals surface area contributed by atoms with E-state index in [1.807, 2.05) is 45.0 Å². The van der Waals surface area contributed by atoms with Gasteiger partial charge in [-0.25, -0.2) is 0 Å². The van der Waals surface area contributed by atoms with Crippen molar-refractivity contribution in [3.8, 4) is 0 Å². The first-order valence-electron chi connectivity index (χ1n) is 8.14. The maximum atomic E-state index is 12.3. The van der Waals surface area contributed by atoms with Crippen molar-refractivity contribution < 1.29 is 9.00 Å². The van der Waals surface area contributed by atoms with E-state index in [1.54, 1.807) is 0 Å². The molecule has 0 aromatic heterocycles. The second-order valence-electron chi connectivity index (χ2n) is 7.13. The molecule has 1 saturated carbocycles. The molecule has 2 rings (SSSR count). The van der Waals surface area contributed by atoms with Crippen LogP contribution < -0.4 is 5.32 Å². The lowest BCUT2D eigenvalue weighted by Gasteiger charge is -2.21. The van der Waals surface area contributed by atoms with Crippen molar-refractivity contribution in [2.45, 2.75) is 63.4 Å². The van der Waals surface area contributed by atoms with Gasteiger partial charge in [-0.2, -0.15) is 0 Å². The van der Waals surface area contributed by atoms with Crippen molar-refractivity contribution in [3.05, 3.63) is 29.8 Å². The van der Waals surface area contributed by atoms with E-state index < -0.39 is 10.8 Å². The molecule has 0 bridgehead atoms. The number of anilines is 1. The summed E-state index contributed by atoms with van der Waals surface area (Å²) in [4.78, 5) is 12.3. The highest BCUT2D eigenvalue weighted by Crippen LogP contribution is 2.25. The Balaban J connectivity index is 1.99. The van der Waals surface area contributed by atoms with Crippen LogP contribution in [-0.4, -0.2) is 14.9 Å². The minimum Gasteiger partial charge on any atom is -0.326 e. The summed E-state index contributed by atoms with van der Waals surface area (Å²) in [6.45, 7) is 5.95. The summed E-state index contributed by atoms with van der Waals surface area (Å²) in [6, 6.07) is 7.75. The summed E-state index contributed by atoms with van der Waals surface area (Å²) in [5.74, 6) is 0.811. The molecule has 1 amide bonds. The Kier molecular flexibility index (Phi) is 5.79. The van der Waals surface area contributed by atoms with Crippen molar-refractivity contribution in [3.63, 3.8) is 0 Å². The average molecular weight is 321 g/mol. The Labute approximate surface area is 136 Å². The van der Waals surface area contributed by atoms with Gasteiger partial charge in [0, 0.05) is 32.9 Å². The molecule has 1 aromatic carbocycles. The van der Waals surface area contributed by atoms with Crippen LogP contribution in [0, 0.1) is 5.92 Å². The summed E-state index contributed by atoms with van der Waals surface area (Å²) in [5.41, 5.74) is 1.83. The van der Waals surface area contributed by atoms with Crippen molar-refractivity contribution in [2.24, 2.45) is 5.92 Å². The van der Waals surface area contributed by atoms with Gasteiger partial charge in [0.1, 0.15) is 0 Å². The molecule has 1 aliphatic rings. The molecule has 1 atom stereocenters. The van der Waals surface area contributed by atoms with Gasteiger partial charge in [-0.3, -0.25) is 9.00 Å². The van der Waals surface area contributed by atoms with E-state index in [0.717, 1.165) is 36.9 Å². The molecular weight excluding hydrogens is 294 g/mol. The third-order valence-electron chi connectivity index (χ3n) is 4.15. The fourth-order valence-corrected chi connectivity index (χ4v) is 3.63. The summed E-state index contributed by atoms with van der Waals surface area (Å²) in [5, 5.41) is 3.03. The van der Waals surface area contributed by atoms with Crippen molar-refractivity contribution >= 4 is 22.4 Å². The standard InChI is InChI=1S/C18H27NO2S/c1-18(2,3)22(21)13-14-8-7-11-16(12-14)19-17(20)15-9-5-4-6-10-15/h7-8,11-12,15H,4-6,9-10,13H2,1-3H3,(H,19,20)/t22-/m1/s1. The number of rotatable bonds is 4. The van der Waals surface area contributed by atoms with Gasteiger partial charge in [-0.1, -0.05) is 31.4 Å². The molecule has 1 N–H and O–H groups in total. The summed E-state index contributed by atoms with van der Waals surface area (Å²) in [6.07, 6.45) is 5.56. The second-order valence-corrected chi connectivity index (χ2v) is 9.33. The van der Waals surface area contributed by atoms with Gasteiger partial charge >= 0.3 is 0 Å². The lowest BCUT2D eigenvalue weighted by Crippen LogP contribution is -2.25. The molecule has 1 aromatic rings. The van der Waals surface area contributed by atoms with Gasteiger partial charge in [0.25, 0.3) is 0 Å². The Hall–Kier alpha value is -1.16. The van der Waals surface area contributed by atoms with Gasteiger partial charge in [-0.05, 0) is 51.3 Å². The molecule has 1 aliphatic carbocycles. The van der Waals surface area contributed by atoms with E-state index in [2.05, 4.69) is 5.32 Å². The van der Waals surface area contributed by atoms with Crippen LogP contribution in [0.3, 0.4) is 0 Å². The summed E-state index contributed by atoms with van der Waals surface area (Å²) in [7, 11) is -0.926. The highest BCUT2D eigenvalue weighted by atomic mass is 32.2. The molecule has 0 aliphatic heterocycles. The first-order valence-corrected chi connectivity index (χ1v) is 9.46. The normalized spacial score (nSPS) is 18.0. The van der Waals surface area contributed by atoms with Crippen LogP contribution in [-0.2, 0) is 21.3 Å². The van der Waals surface area contributed by atoms with Crippen LogP contribution in [0.5, 0.6) is 0 Å². The molecule has 0 unspecified atom stereocenters. The van der Waals surface area contributed by atoms with E-state index >= 15 is 0 Å².